The maximum absolute atomic E-state index is 11.9. The molecule has 2 aromatic rings. The highest BCUT2D eigenvalue weighted by Gasteiger charge is 2.12. The maximum atomic E-state index is 11.9. The molecule has 0 amide bonds. The van der Waals surface area contributed by atoms with E-state index in [1.54, 1.807) is 29.6 Å². The predicted octanol–water partition coefficient (Wildman–Crippen LogP) is 1.74. The molecule has 8 heteroatoms. The number of hydrogen-bond donors (Lipinski definition) is 3. The zero-order valence-corrected chi connectivity index (χ0v) is 13.2. The molecule has 0 saturated carbocycles. The van der Waals surface area contributed by atoms with E-state index in [9.17, 15) is 13.2 Å². The average Bonchev–Trinajstić information content (AvgIpc) is 2.89. The standard InChI is InChI=1S/C13H17N3O3S2/c1-2-7-15-21(18,19)12-5-3-10(4-6-12)14-8-11-9-20-13(17)16-11/h3-6,9,14-15H,2,7-8H2,1H3,(H,16,17). The van der Waals surface area contributed by atoms with Gasteiger partial charge in [0.25, 0.3) is 0 Å². The Labute approximate surface area is 127 Å². The van der Waals surface area contributed by atoms with E-state index < -0.39 is 10.0 Å². The van der Waals surface area contributed by atoms with Crippen molar-refractivity contribution in [2.45, 2.75) is 24.8 Å². The summed E-state index contributed by atoms with van der Waals surface area (Å²) in [5.41, 5.74) is 1.59. The number of nitrogens with one attached hydrogen (secondary N) is 3. The number of anilines is 1. The zero-order chi connectivity index (χ0) is 15.3. The highest BCUT2D eigenvalue weighted by molar-refractivity contribution is 7.89. The fourth-order valence-corrected chi connectivity index (χ4v) is 3.38. The quantitative estimate of drug-likeness (QED) is 0.722. The van der Waals surface area contributed by atoms with Gasteiger partial charge in [-0.3, -0.25) is 4.79 Å². The molecule has 0 saturated heterocycles. The fraction of sp³-hybridized carbons (Fsp3) is 0.308. The van der Waals surface area contributed by atoms with Gasteiger partial charge in [-0.2, -0.15) is 0 Å². The second-order valence-corrected chi connectivity index (χ2v) is 7.06. The van der Waals surface area contributed by atoms with E-state index in [1.165, 1.54) is 0 Å². The van der Waals surface area contributed by atoms with Crippen molar-refractivity contribution in [3.05, 3.63) is 45.0 Å². The lowest BCUT2D eigenvalue weighted by Crippen LogP contribution is -2.24. The van der Waals surface area contributed by atoms with E-state index in [0.29, 0.717) is 13.1 Å². The number of aromatic amines is 1. The van der Waals surface area contributed by atoms with E-state index in [4.69, 9.17) is 0 Å². The largest absolute Gasteiger partial charge is 0.379 e. The van der Waals surface area contributed by atoms with Gasteiger partial charge < -0.3 is 10.3 Å². The van der Waals surface area contributed by atoms with Gasteiger partial charge in [0, 0.05) is 23.3 Å². The first kappa shape index (κ1) is 15.7. The SMILES string of the molecule is CCCNS(=O)(=O)c1ccc(NCc2csc(=O)[nH]2)cc1. The van der Waals surface area contributed by atoms with E-state index in [2.05, 4.69) is 15.0 Å². The Kier molecular flexibility index (Phi) is 5.16. The first-order chi connectivity index (χ1) is 10.0. The van der Waals surface area contributed by atoms with Gasteiger partial charge in [-0.15, -0.1) is 0 Å². The predicted molar refractivity (Wildman–Crippen MR) is 84.2 cm³/mol. The van der Waals surface area contributed by atoms with Gasteiger partial charge >= 0.3 is 4.87 Å². The molecule has 2 rings (SSSR count). The van der Waals surface area contributed by atoms with Crippen molar-refractivity contribution >= 4 is 27.0 Å². The molecule has 0 aliphatic carbocycles. The van der Waals surface area contributed by atoms with Crippen LogP contribution in [0.4, 0.5) is 5.69 Å². The monoisotopic (exact) mass is 327 g/mol. The molecule has 21 heavy (non-hydrogen) atoms. The molecule has 0 radical (unpaired) electrons. The Morgan fingerprint density at radius 1 is 1.24 bits per heavy atom. The first-order valence-electron chi connectivity index (χ1n) is 6.51. The van der Waals surface area contributed by atoms with Crippen LogP contribution in [-0.2, 0) is 16.6 Å². The van der Waals surface area contributed by atoms with Gasteiger partial charge in [0.2, 0.25) is 10.0 Å². The molecule has 0 fully saturated rings. The topological polar surface area (TPSA) is 91.1 Å². The summed E-state index contributed by atoms with van der Waals surface area (Å²) in [6.45, 7) is 2.82. The number of benzene rings is 1. The molecule has 0 spiro atoms. The van der Waals surface area contributed by atoms with Crippen LogP contribution in [0.3, 0.4) is 0 Å². The lowest BCUT2D eigenvalue weighted by atomic mass is 10.3. The second kappa shape index (κ2) is 6.88. The molecule has 0 aliphatic heterocycles. The van der Waals surface area contributed by atoms with Crippen molar-refractivity contribution in [1.29, 1.82) is 0 Å². The summed E-state index contributed by atoms with van der Waals surface area (Å²) >= 11 is 1.11. The minimum Gasteiger partial charge on any atom is -0.379 e. The molecule has 114 valence electrons. The van der Waals surface area contributed by atoms with E-state index in [0.717, 1.165) is 29.1 Å². The maximum Gasteiger partial charge on any atom is 0.304 e. The van der Waals surface area contributed by atoms with Gasteiger partial charge in [-0.1, -0.05) is 18.3 Å². The molecule has 6 nitrogen and oxygen atoms in total. The average molecular weight is 327 g/mol. The van der Waals surface area contributed by atoms with Crippen LogP contribution in [0.1, 0.15) is 19.0 Å². The molecule has 3 N–H and O–H groups in total. The van der Waals surface area contributed by atoms with Crippen molar-refractivity contribution in [3.8, 4) is 0 Å². The van der Waals surface area contributed by atoms with Gasteiger partial charge in [-0.05, 0) is 30.7 Å². The van der Waals surface area contributed by atoms with E-state index in [1.807, 2.05) is 6.92 Å². The fourth-order valence-electron chi connectivity index (χ4n) is 1.67. The van der Waals surface area contributed by atoms with Crippen LogP contribution in [0.2, 0.25) is 0 Å². The molecule has 0 atom stereocenters. The molecular formula is C13H17N3O3S2. The minimum atomic E-state index is -3.43. The number of aromatic nitrogens is 1. The van der Waals surface area contributed by atoms with Crippen LogP contribution >= 0.6 is 11.3 Å². The number of hydrogen-bond acceptors (Lipinski definition) is 5. The van der Waals surface area contributed by atoms with Crippen LogP contribution < -0.4 is 14.9 Å². The summed E-state index contributed by atoms with van der Waals surface area (Å²) in [7, 11) is -3.43. The van der Waals surface area contributed by atoms with Crippen LogP contribution in [0.25, 0.3) is 0 Å². The van der Waals surface area contributed by atoms with Crippen molar-refractivity contribution < 1.29 is 8.42 Å². The molecule has 0 unspecified atom stereocenters. The van der Waals surface area contributed by atoms with Crippen LogP contribution in [0, 0.1) is 0 Å². The third kappa shape index (κ3) is 4.42. The lowest BCUT2D eigenvalue weighted by molar-refractivity contribution is 0.581. The number of H-pyrrole nitrogens is 1. The van der Waals surface area contributed by atoms with Crippen LogP contribution in [0.5, 0.6) is 0 Å². The molecular weight excluding hydrogens is 310 g/mol. The van der Waals surface area contributed by atoms with Gasteiger partial charge in [-0.25, -0.2) is 13.1 Å². The summed E-state index contributed by atoms with van der Waals surface area (Å²) in [5.74, 6) is 0. The summed E-state index contributed by atoms with van der Waals surface area (Å²) in [6.07, 6.45) is 0.748. The van der Waals surface area contributed by atoms with Crippen LogP contribution in [-0.4, -0.2) is 19.9 Å². The highest BCUT2D eigenvalue weighted by Crippen LogP contribution is 2.14. The normalized spacial score (nSPS) is 11.5. The lowest BCUT2D eigenvalue weighted by Gasteiger charge is -2.08. The molecule has 0 bridgehead atoms. The third-order valence-corrected chi connectivity index (χ3v) is 4.96. The van der Waals surface area contributed by atoms with Crippen molar-refractivity contribution in [2.24, 2.45) is 0 Å². The number of sulfonamides is 1. The Hall–Kier alpha value is -1.64. The minimum absolute atomic E-state index is 0.0877. The summed E-state index contributed by atoms with van der Waals surface area (Å²) in [5, 5.41) is 4.87. The Bertz CT molecular complexity index is 733. The number of thiazole rings is 1. The smallest absolute Gasteiger partial charge is 0.304 e. The molecule has 1 aromatic carbocycles. The van der Waals surface area contributed by atoms with E-state index in [-0.39, 0.29) is 9.77 Å². The van der Waals surface area contributed by atoms with E-state index >= 15 is 0 Å². The second-order valence-electron chi connectivity index (χ2n) is 4.45. The zero-order valence-electron chi connectivity index (χ0n) is 11.5. The third-order valence-electron chi connectivity index (χ3n) is 2.76. The Morgan fingerprint density at radius 2 is 1.95 bits per heavy atom. The molecule has 1 heterocycles. The Balaban J connectivity index is 2.00. The number of rotatable bonds is 7. The highest BCUT2D eigenvalue weighted by atomic mass is 32.2. The Morgan fingerprint density at radius 3 is 2.52 bits per heavy atom. The van der Waals surface area contributed by atoms with Gasteiger partial charge in [0.15, 0.2) is 0 Å². The van der Waals surface area contributed by atoms with Gasteiger partial charge in [0.1, 0.15) is 0 Å². The molecule has 1 aromatic heterocycles. The summed E-state index contributed by atoms with van der Waals surface area (Å²) in [4.78, 5) is 13.9. The summed E-state index contributed by atoms with van der Waals surface area (Å²) in [6, 6.07) is 6.50. The first-order valence-corrected chi connectivity index (χ1v) is 8.88. The van der Waals surface area contributed by atoms with Crippen LogP contribution in [0.15, 0.2) is 39.3 Å². The summed E-state index contributed by atoms with van der Waals surface area (Å²) < 4.78 is 26.3. The molecule has 0 aliphatic rings. The van der Waals surface area contributed by atoms with Crippen molar-refractivity contribution in [1.82, 2.24) is 9.71 Å². The van der Waals surface area contributed by atoms with Crippen molar-refractivity contribution in [3.63, 3.8) is 0 Å². The van der Waals surface area contributed by atoms with Gasteiger partial charge in [0.05, 0.1) is 11.4 Å². The van der Waals surface area contributed by atoms with Crippen molar-refractivity contribution in [2.75, 3.05) is 11.9 Å².